The van der Waals surface area contributed by atoms with Crippen LogP contribution in [0.2, 0.25) is 0 Å². The molecule has 0 saturated heterocycles. The van der Waals surface area contributed by atoms with Gasteiger partial charge in [0.25, 0.3) is 0 Å². The number of fused-ring (bicyclic) bond motifs is 1. The van der Waals surface area contributed by atoms with E-state index in [0.29, 0.717) is 0 Å². The maximum atomic E-state index is 10.6. The second-order valence-corrected chi connectivity index (χ2v) is 3.78. The monoisotopic (exact) mass is 194 g/mol. The zero-order valence-corrected chi connectivity index (χ0v) is 8.25. The van der Waals surface area contributed by atoms with Crippen LogP contribution in [-0.4, -0.2) is 11.1 Å². The molecule has 1 aromatic heterocycles. The molecule has 1 heterocycles. The van der Waals surface area contributed by atoms with E-state index in [0.717, 1.165) is 36.3 Å². The fraction of sp³-hybridized carbons (Fsp3) is 0.545. The number of aliphatic carboxylic acids is 1. The molecule has 1 aliphatic rings. The Morgan fingerprint density at radius 2 is 2.50 bits per heavy atom. The van der Waals surface area contributed by atoms with Crippen LogP contribution in [0.25, 0.3) is 0 Å². The average Bonchev–Trinajstić information content (AvgIpc) is 2.66. The predicted molar refractivity (Wildman–Crippen MR) is 51.4 cm³/mol. The van der Waals surface area contributed by atoms with E-state index in [1.807, 2.05) is 13.0 Å². The molecule has 1 unspecified atom stereocenters. The van der Waals surface area contributed by atoms with Crippen molar-refractivity contribution in [3.05, 3.63) is 23.2 Å². The molecule has 2 rings (SSSR count). The van der Waals surface area contributed by atoms with Crippen LogP contribution in [0.5, 0.6) is 0 Å². The molecule has 14 heavy (non-hydrogen) atoms. The van der Waals surface area contributed by atoms with Gasteiger partial charge < -0.3 is 9.52 Å². The first-order valence-corrected chi connectivity index (χ1v) is 5.04. The largest absolute Gasteiger partial charge is 0.481 e. The van der Waals surface area contributed by atoms with Crippen LogP contribution in [0, 0.1) is 0 Å². The Labute approximate surface area is 82.7 Å². The van der Waals surface area contributed by atoms with Crippen molar-refractivity contribution < 1.29 is 14.3 Å². The normalized spacial score (nSPS) is 19.6. The predicted octanol–water partition coefficient (Wildman–Crippen LogP) is 2.35. The lowest BCUT2D eigenvalue weighted by molar-refractivity contribution is -0.137. The van der Waals surface area contributed by atoms with E-state index in [1.54, 1.807) is 0 Å². The maximum Gasteiger partial charge on any atom is 0.303 e. The van der Waals surface area contributed by atoms with Gasteiger partial charge in [0, 0.05) is 12.8 Å². The van der Waals surface area contributed by atoms with Gasteiger partial charge in [-0.05, 0) is 24.0 Å². The van der Waals surface area contributed by atoms with Crippen molar-refractivity contribution in [2.75, 3.05) is 0 Å². The fourth-order valence-corrected chi connectivity index (χ4v) is 2.10. The van der Waals surface area contributed by atoms with Gasteiger partial charge in [0.1, 0.15) is 11.5 Å². The lowest BCUT2D eigenvalue weighted by atomic mass is 9.99. The summed E-state index contributed by atoms with van der Waals surface area (Å²) in [5.74, 6) is 1.44. The zero-order valence-electron chi connectivity index (χ0n) is 8.25. The molecule has 0 aromatic carbocycles. The van der Waals surface area contributed by atoms with Crippen LogP contribution in [0.4, 0.5) is 0 Å². The van der Waals surface area contributed by atoms with E-state index < -0.39 is 5.97 Å². The quantitative estimate of drug-likeness (QED) is 0.803. The van der Waals surface area contributed by atoms with E-state index in [9.17, 15) is 4.79 Å². The van der Waals surface area contributed by atoms with Crippen LogP contribution in [-0.2, 0) is 17.6 Å². The molecular formula is C11H14O3. The molecule has 0 saturated carbocycles. The van der Waals surface area contributed by atoms with Crippen molar-refractivity contribution in [2.24, 2.45) is 0 Å². The van der Waals surface area contributed by atoms with Crippen molar-refractivity contribution in [3.8, 4) is 0 Å². The van der Waals surface area contributed by atoms with Gasteiger partial charge in [-0.15, -0.1) is 0 Å². The summed E-state index contributed by atoms with van der Waals surface area (Å²) >= 11 is 0. The summed E-state index contributed by atoms with van der Waals surface area (Å²) in [6.07, 6.45) is 2.93. The third kappa shape index (κ3) is 1.54. The molecule has 0 spiro atoms. The van der Waals surface area contributed by atoms with Crippen molar-refractivity contribution in [2.45, 2.75) is 38.5 Å². The standard InChI is InChI=1S/C11H14O3/c1-2-8-6-9-7(5-11(12)13)3-4-10(9)14-8/h6-7H,2-5H2,1H3,(H,12,13). The van der Waals surface area contributed by atoms with E-state index in [2.05, 4.69) is 0 Å². The molecule has 0 amide bonds. The van der Waals surface area contributed by atoms with Gasteiger partial charge in [-0.25, -0.2) is 0 Å². The summed E-state index contributed by atoms with van der Waals surface area (Å²) in [6, 6.07) is 2.02. The minimum atomic E-state index is -0.720. The molecular weight excluding hydrogens is 180 g/mol. The highest BCUT2D eigenvalue weighted by molar-refractivity contribution is 5.68. The average molecular weight is 194 g/mol. The van der Waals surface area contributed by atoms with Crippen molar-refractivity contribution >= 4 is 5.97 Å². The molecule has 3 nitrogen and oxygen atoms in total. The van der Waals surface area contributed by atoms with Crippen LogP contribution in [0.1, 0.15) is 42.8 Å². The Hall–Kier alpha value is -1.25. The summed E-state index contributed by atoms with van der Waals surface area (Å²) < 4.78 is 5.59. The number of carbonyl (C=O) groups is 1. The molecule has 1 aliphatic carbocycles. The fourth-order valence-electron chi connectivity index (χ4n) is 2.10. The lowest BCUT2D eigenvalue weighted by Crippen LogP contribution is -2.02. The highest BCUT2D eigenvalue weighted by Gasteiger charge is 2.28. The molecule has 1 N–H and O–H groups in total. The van der Waals surface area contributed by atoms with Crippen molar-refractivity contribution in [1.82, 2.24) is 0 Å². The Morgan fingerprint density at radius 1 is 1.71 bits per heavy atom. The number of rotatable bonds is 3. The summed E-state index contributed by atoms with van der Waals surface area (Å²) in [4.78, 5) is 10.6. The lowest BCUT2D eigenvalue weighted by Gasteiger charge is -2.04. The number of carboxylic acid groups (broad SMARTS) is 1. The molecule has 1 aromatic rings. The zero-order chi connectivity index (χ0) is 10.1. The van der Waals surface area contributed by atoms with Gasteiger partial charge in [-0.2, -0.15) is 0 Å². The molecule has 0 fully saturated rings. The molecule has 1 atom stereocenters. The summed E-state index contributed by atoms with van der Waals surface area (Å²) in [5.41, 5.74) is 1.13. The van der Waals surface area contributed by atoms with Gasteiger partial charge in [-0.1, -0.05) is 6.92 Å². The smallest absolute Gasteiger partial charge is 0.303 e. The summed E-state index contributed by atoms with van der Waals surface area (Å²) in [6.45, 7) is 2.04. The highest BCUT2D eigenvalue weighted by atomic mass is 16.4. The van der Waals surface area contributed by atoms with Gasteiger partial charge >= 0.3 is 5.97 Å². The highest BCUT2D eigenvalue weighted by Crippen LogP contribution is 2.37. The first-order valence-electron chi connectivity index (χ1n) is 5.04. The Kier molecular flexibility index (Phi) is 2.32. The minimum absolute atomic E-state index is 0.173. The van der Waals surface area contributed by atoms with Gasteiger partial charge in [0.05, 0.1) is 6.42 Å². The third-order valence-electron chi connectivity index (χ3n) is 2.82. The molecule has 76 valence electrons. The second kappa shape index (κ2) is 3.48. The van der Waals surface area contributed by atoms with Crippen LogP contribution in [0.15, 0.2) is 10.5 Å². The third-order valence-corrected chi connectivity index (χ3v) is 2.82. The van der Waals surface area contributed by atoms with Gasteiger partial charge in [0.15, 0.2) is 0 Å². The first kappa shape index (κ1) is 9.31. The van der Waals surface area contributed by atoms with E-state index in [4.69, 9.17) is 9.52 Å². The van der Waals surface area contributed by atoms with Crippen LogP contribution >= 0.6 is 0 Å². The number of hydrogen-bond acceptors (Lipinski definition) is 2. The van der Waals surface area contributed by atoms with E-state index in [1.165, 1.54) is 0 Å². The van der Waals surface area contributed by atoms with Gasteiger partial charge in [0.2, 0.25) is 0 Å². The number of carboxylic acids is 1. The van der Waals surface area contributed by atoms with Crippen LogP contribution in [0.3, 0.4) is 0 Å². The second-order valence-electron chi connectivity index (χ2n) is 3.78. The van der Waals surface area contributed by atoms with E-state index >= 15 is 0 Å². The Bertz CT molecular complexity index is 351. The molecule has 3 heteroatoms. The first-order chi connectivity index (χ1) is 6.70. The summed E-state index contributed by atoms with van der Waals surface area (Å²) in [5, 5.41) is 8.73. The number of furan rings is 1. The molecule has 0 aliphatic heterocycles. The van der Waals surface area contributed by atoms with Crippen LogP contribution < -0.4 is 0 Å². The Balaban J connectivity index is 2.20. The van der Waals surface area contributed by atoms with Crippen molar-refractivity contribution in [3.63, 3.8) is 0 Å². The minimum Gasteiger partial charge on any atom is -0.481 e. The molecule has 0 radical (unpaired) electrons. The number of hydrogen-bond donors (Lipinski definition) is 1. The maximum absolute atomic E-state index is 10.6. The number of aryl methyl sites for hydroxylation is 2. The molecule has 0 bridgehead atoms. The Morgan fingerprint density at radius 3 is 3.14 bits per heavy atom. The SMILES string of the molecule is CCc1cc2c(o1)CCC2CC(=O)O. The topological polar surface area (TPSA) is 50.4 Å². The van der Waals surface area contributed by atoms with E-state index in [-0.39, 0.29) is 12.3 Å². The summed E-state index contributed by atoms with van der Waals surface area (Å²) in [7, 11) is 0. The van der Waals surface area contributed by atoms with Crippen molar-refractivity contribution in [1.29, 1.82) is 0 Å². The van der Waals surface area contributed by atoms with Gasteiger partial charge in [-0.3, -0.25) is 4.79 Å².